The van der Waals surface area contributed by atoms with E-state index in [2.05, 4.69) is 5.32 Å². The molecule has 0 amide bonds. The van der Waals surface area contributed by atoms with Gasteiger partial charge in [-0.3, -0.25) is 0 Å². The van der Waals surface area contributed by atoms with Gasteiger partial charge < -0.3 is 10.1 Å². The molecule has 1 N–H and O–H groups in total. The van der Waals surface area contributed by atoms with Crippen LogP contribution in [-0.2, 0) is 0 Å². The Bertz CT molecular complexity index is 468. The van der Waals surface area contributed by atoms with Crippen molar-refractivity contribution < 1.29 is 4.74 Å². The van der Waals surface area contributed by atoms with Crippen LogP contribution in [-0.4, -0.2) is 7.11 Å². The SMILES string of the molecule is COc1cccc(Nc2ccccc2)c1.N#N. The van der Waals surface area contributed by atoms with Crippen LogP contribution in [0.4, 0.5) is 11.4 Å². The monoisotopic (exact) mass is 227 g/mol. The molecular weight excluding hydrogens is 214 g/mol. The Morgan fingerprint density at radius 2 is 1.53 bits per heavy atom. The van der Waals surface area contributed by atoms with Crippen LogP contribution in [0.25, 0.3) is 0 Å². The number of nitrogens with zero attached hydrogens (tertiary/aromatic N) is 2. The maximum absolute atomic E-state index is 6.00. The van der Waals surface area contributed by atoms with Gasteiger partial charge in [-0.15, -0.1) is 0 Å². The van der Waals surface area contributed by atoms with Crippen LogP contribution in [0.2, 0.25) is 0 Å². The van der Waals surface area contributed by atoms with E-state index in [1.165, 1.54) is 0 Å². The van der Waals surface area contributed by atoms with Crippen molar-refractivity contribution in [2.45, 2.75) is 0 Å². The maximum atomic E-state index is 6.00. The molecule has 2 aromatic carbocycles. The Hall–Kier alpha value is -2.54. The molecule has 0 aromatic heterocycles. The fourth-order valence-electron chi connectivity index (χ4n) is 1.39. The van der Waals surface area contributed by atoms with Gasteiger partial charge in [-0.25, -0.2) is 0 Å². The second kappa shape index (κ2) is 6.85. The normalized spacial score (nSPS) is 8.65. The van der Waals surface area contributed by atoms with E-state index in [9.17, 15) is 0 Å². The molecule has 0 radical (unpaired) electrons. The van der Waals surface area contributed by atoms with Gasteiger partial charge in [0.2, 0.25) is 0 Å². The smallest absolute Gasteiger partial charge is 0.120 e. The number of hydrogen-bond donors (Lipinski definition) is 1. The second-order valence-electron chi connectivity index (χ2n) is 3.22. The Morgan fingerprint density at radius 3 is 2.18 bits per heavy atom. The zero-order valence-corrected chi connectivity index (χ0v) is 9.50. The van der Waals surface area contributed by atoms with Crippen molar-refractivity contribution in [1.29, 1.82) is 10.8 Å². The first-order chi connectivity index (χ1) is 8.38. The van der Waals surface area contributed by atoms with Crippen molar-refractivity contribution in [3.8, 4) is 5.75 Å². The lowest BCUT2D eigenvalue weighted by Crippen LogP contribution is -1.90. The number of nitrogens with one attached hydrogen (secondary N) is 1. The first-order valence-electron chi connectivity index (χ1n) is 5.04. The van der Waals surface area contributed by atoms with E-state index in [0.29, 0.717) is 0 Å². The summed E-state index contributed by atoms with van der Waals surface area (Å²) < 4.78 is 5.15. The summed E-state index contributed by atoms with van der Waals surface area (Å²) in [5.74, 6) is 0.857. The average molecular weight is 227 g/mol. The molecule has 17 heavy (non-hydrogen) atoms. The van der Waals surface area contributed by atoms with Crippen LogP contribution in [0.1, 0.15) is 0 Å². The Labute approximate surface area is 100 Å². The minimum Gasteiger partial charge on any atom is -0.497 e. The third-order valence-corrected chi connectivity index (χ3v) is 2.13. The largest absolute Gasteiger partial charge is 0.497 e. The zero-order chi connectivity index (χ0) is 12.5. The molecule has 0 heterocycles. The number of hydrogen-bond acceptors (Lipinski definition) is 4. The summed E-state index contributed by atoms with van der Waals surface area (Å²) in [5.41, 5.74) is 2.10. The van der Waals surface area contributed by atoms with Gasteiger partial charge in [-0.1, -0.05) is 24.3 Å². The van der Waals surface area contributed by atoms with Crippen LogP contribution < -0.4 is 10.1 Å². The van der Waals surface area contributed by atoms with Crippen molar-refractivity contribution in [2.24, 2.45) is 0 Å². The van der Waals surface area contributed by atoms with Crippen LogP contribution in [0.15, 0.2) is 54.6 Å². The van der Waals surface area contributed by atoms with Crippen LogP contribution in [0.3, 0.4) is 0 Å². The molecule has 0 aliphatic carbocycles. The van der Waals surface area contributed by atoms with Crippen LogP contribution in [0.5, 0.6) is 5.75 Å². The van der Waals surface area contributed by atoms with Crippen LogP contribution in [0, 0.1) is 10.8 Å². The van der Waals surface area contributed by atoms with Crippen molar-refractivity contribution in [2.75, 3.05) is 12.4 Å². The number of para-hydroxylation sites is 1. The molecule has 0 fully saturated rings. The van der Waals surface area contributed by atoms with Gasteiger partial charge in [0.25, 0.3) is 0 Å². The lowest BCUT2D eigenvalue weighted by Gasteiger charge is -2.07. The lowest BCUT2D eigenvalue weighted by atomic mass is 10.2. The first kappa shape index (κ1) is 12.5. The van der Waals surface area contributed by atoms with Crippen LogP contribution >= 0.6 is 0 Å². The van der Waals surface area contributed by atoms with E-state index in [1.54, 1.807) is 7.11 Å². The highest BCUT2D eigenvalue weighted by Gasteiger charge is 1.95. The number of rotatable bonds is 3. The molecule has 0 saturated heterocycles. The highest BCUT2D eigenvalue weighted by Crippen LogP contribution is 2.20. The van der Waals surface area contributed by atoms with Gasteiger partial charge in [-0.05, 0) is 24.3 Å². The third kappa shape index (κ3) is 3.84. The quantitative estimate of drug-likeness (QED) is 0.815. The van der Waals surface area contributed by atoms with Gasteiger partial charge in [0.1, 0.15) is 5.75 Å². The fraction of sp³-hybridized carbons (Fsp3) is 0.0769. The molecule has 2 rings (SSSR count). The Morgan fingerprint density at radius 1 is 0.882 bits per heavy atom. The van der Waals surface area contributed by atoms with Gasteiger partial charge in [-0.2, -0.15) is 0 Å². The number of methoxy groups -OCH3 is 1. The predicted molar refractivity (Wildman–Crippen MR) is 66.2 cm³/mol. The summed E-state index contributed by atoms with van der Waals surface area (Å²) in [6.07, 6.45) is 0. The fourth-order valence-corrected chi connectivity index (χ4v) is 1.39. The molecule has 0 unspecified atom stereocenters. The second-order valence-corrected chi connectivity index (χ2v) is 3.22. The molecule has 0 atom stereocenters. The number of anilines is 2. The van der Waals surface area contributed by atoms with Crippen molar-refractivity contribution in [3.63, 3.8) is 0 Å². The Balaban J connectivity index is 0.000000686. The molecule has 0 spiro atoms. The molecule has 4 nitrogen and oxygen atoms in total. The van der Waals surface area contributed by atoms with E-state index < -0.39 is 0 Å². The van der Waals surface area contributed by atoms with Crippen molar-refractivity contribution in [1.82, 2.24) is 0 Å². The molecule has 2 aromatic rings. The van der Waals surface area contributed by atoms with Gasteiger partial charge in [0, 0.05) is 28.2 Å². The molecular formula is C13H13N3O. The first-order valence-corrected chi connectivity index (χ1v) is 5.04. The van der Waals surface area contributed by atoms with E-state index in [4.69, 9.17) is 15.5 Å². The third-order valence-electron chi connectivity index (χ3n) is 2.13. The number of benzene rings is 2. The molecule has 86 valence electrons. The average Bonchev–Trinajstić information content (AvgIpc) is 2.42. The van der Waals surface area contributed by atoms with Gasteiger partial charge in [0.05, 0.1) is 7.11 Å². The molecule has 0 saturated carbocycles. The maximum Gasteiger partial charge on any atom is 0.120 e. The molecule has 0 bridgehead atoms. The number of ether oxygens (including phenoxy) is 1. The summed E-state index contributed by atoms with van der Waals surface area (Å²) in [6, 6.07) is 17.9. The summed E-state index contributed by atoms with van der Waals surface area (Å²) in [4.78, 5) is 0. The highest BCUT2D eigenvalue weighted by atomic mass is 16.5. The summed E-state index contributed by atoms with van der Waals surface area (Å²) in [6.45, 7) is 0. The van der Waals surface area contributed by atoms with Crippen molar-refractivity contribution in [3.05, 3.63) is 54.6 Å². The summed E-state index contributed by atoms with van der Waals surface area (Å²) in [7, 11) is 1.67. The van der Waals surface area contributed by atoms with Gasteiger partial charge >= 0.3 is 0 Å². The summed E-state index contributed by atoms with van der Waals surface area (Å²) >= 11 is 0. The highest BCUT2D eigenvalue weighted by molar-refractivity contribution is 5.60. The minimum atomic E-state index is 0.857. The Kier molecular flexibility index (Phi) is 5.05. The molecule has 4 heteroatoms. The van der Waals surface area contributed by atoms with Crippen molar-refractivity contribution >= 4 is 11.4 Å². The van der Waals surface area contributed by atoms with E-state index >= 15 is 0 Å². The lowest BCUT2D eigenvalue weighted by molar-refractivity contribution is 0.415. The zero-order valence-electron chi connectivity index (χ0n) is 9.50. The topological polar surface area (TPSA) is 68.8 Å². The summed E-state index contributed by atoms with van der Waals surface area (Å²) in [5, 5.41) is 15.3. The van der Waals surface area contributed by atoms with Gasteiger partial charge in [0.15, 0.2) is 0 Å². The minimum absolute atomic E-state index is 0.857. The van der Waals surface area contributed by atoms with E-state index in [0.717, 1.165) is 17.1 Å². The molecule has 0 aliphatic rings. The van der Waals surface area contributed by atoms with E-state index in [1.807, 2.05) is 54.6 Å². The van der Waals surface area contributed by atoms with E-state index in [-0.39, 0.29) is 0 Å². The predicted octanol–water partition coefficient (Wildman–Crippen LogP) is 3.47. The molecule has 0 aliphatic heterocycles. The standard InChI is InChI=1S/C13H13NO.N2/c1-15-13-9-5-8-12(10-13)14-11-6-3-2-4-7-11;1-2/h2-10,14H,1H3;.